The minimum absolute atomic E-state index is 0.207. The Labute approximate surface area is 139 Å². The third kappa shape index (κ3) is 3.20. The molecule has 0 aliphatic rings. The van der Waals surface area contributed by atoms with Crippen LogP contribution in [0.3, 0.4) is 0 Å². The number of carbonyl (C=O) groups is 1. The second-order valence-corrected chi connectivity index (χ2v) is 5.81. The van der Waals surface area contributed by atoms with Crippen molar-refractivity contribution in [1.82, 2.24) is 9.78 Å². The number of aryl methyl sites for hydroxylation is 3. The summed E-state index contributed by atoms with van der Waals surface area (Å²) < 4.78 is 14.7. The average molecular weight is 323 g/mol. The van der Waals surface area contributed by atoms with Crippen molar-refractivity contribution in [3.63, 3.8) is 0 Å². The Kier molecular flexibility index (Phi) is 4.16. The molecule has 3 rings (SSSR count). The molecule has 0 aliphatic carbocycles. The smallest absolute Gasteiger partial charge is 0.256 e. The van der Waals surface area contributed by atoms with E-state index in [0.29, 0.717) is 17.1 Å². The van der Waals surface area contributed by atoms with E-state index in [9.17, 15) is 9.18 Å². The number of carbonyl (C=O) groups excluding carboxylic acids is 1. The number of amides is 1. The molecular weight excluding hydrogens is 305 g/mol. The number of halogens is 1. The van der Waals surface area contributed by atoms with Crippen molar-refractivity contribution < 1.29 is 9.18 Å². The number of benzene rings is 2. The fourth-order valence-electron chi connectivity index (χ4n) is 2.44. The van der Waals surface area contributed by atoms with E-state index in [4.69, 9.17) is 0 Å². The van der Waals surface area contributed by atoms with Gasteiger partial charge in [-0.05, 0) is 68.3 Å². The summed E-state index contributed by atoms with van der Waals surface area (Å²) in [6, 6.07) is 13.3. The molecule has 24 heavy (non-hydrogen) atoms. The highest BCUT2D eigenvalue weighted by molar-refractivity contribution is 6.04. The van der Waals surface area contributed by atoms with Gasteiger partial charge in [-0.25, -0.2) is 9.07 Å². The van der Waals surface area contributed by atoms with Crippen LogP contribution in [0.5, 0.6) is 0 Å². The quantitative estimate of drug-likeness (QED) is 0.785. The molecule has 3 aromatic rings. The van der Waals surface area contributed by atoms with Gasteiger partial charge in [-0.3, -0.25) is 4.79 Å². The molecule has 0 bridgehead atoms. The zero-order valence-corrected chi connectivity index (χ0v) is 13.8. The SMILES string of the molecule is Cc1cc(NC(=O)c2ccc(C)c(C)c2)n(-c2ccc(F)cc2)n1. The topological polar surface area (TPSA) is 46.9 Å². The Morgan fingerprint density at radius 2 is 1.71 bits per heavy atom. The van der Waals surface area contributed by atoms with Crippen LogP contribution in [-0.2, 0) is 0 Å². The summed E-state index contributed by atoms with van der Waals surface area (Å²) in [5.41, 5.74) is 4.22. The lowest BCUT2D eigenvalue weighted by Crippen LogP contribution is -2.15. The maximum atomic E-state index is 13.1. The van der Waals surface area contributed by atoms with Crippen molar-refractivity contribution in [3.8, 4) is 5.69 Å². The molecule has 4 nitrogen and oxygen atoms in total. The van der Waals surface area contributed by atoms with Crippen LogP contribution in [0, 0.1) is 26.6 Å². The van der Waals surface area contributed by atoms with E-state index >= 15 is 0 Å². The number of anilines is 1. The molecule has 1 N–H and O–H groups in total. The van der Waals surface area contributed by atoms with E-state index in [1.54, 1.807) is 28.9 Å². The third-order valence-electron chi connectivity index (χ3n) is 3.91. The molecule has 0 atom stereocenters. The van der Waals surface area contributed by atoms with Crippen LogP contribution in [0.4, 0.5) is 10.2 Å². The van der Waals surface area contributed by atoms with Crippen molar-refractivity contribution in [2.45, 2.75) is 20.8 Å². The minimum atomic E-state index is -0.316. The molecule has 0 unspecified atom stereocenters. The van der Waals surface area contributed by atoms with Crippen molar-refractivity contribution in [2.24, 2.45) is 0 Å². The number of hydrogen-bond donors (Lipinski definition) is 1. The molecule has 2 aromatic carbocycles. The van der Waals surface area contributed by atoms with E-state index in [2.05, 4.69) is 10.4 Å². The van der Waals surface area contributed by atoms with Gasteiger partial charge in [-0.15, -0.1) is 0 Å². The first-order valence-corrected chi connectivity index (χ1v) is 7.65. The van der Waals surface area contributed by atoms with E-state index < -0.39 is 0 Å². The van der Waals surface area contributed by atoms with E-state index in [1.807, 2.05) is 32.9 Å². The molecule has 1 amide bonds. The number of aromatic nitrogens is 2. The molecule has 1 aromatic heterocycles. The number of nitrogens with one attached hydrogen (secondary N) is 1. The van der Waals surface area contributed by atoms with Gasteiger partial charge < -0.3 is 5.32 Å². The van der Waals surface area contributed by atoms with Crippen molar-refractivity contribution in [2.75, 3.05) is 5.32 Å². The molecule has 0 saturated heterocycles. The first-order valence-electron chi connectivity index (χ1n) is 7.65. The third-order valence-corrected chi connectivity index (χ3v) is 3.91. The zero-order valence-electron chi connectivity index (χ0n) is 13.8. The second kappa shape index (κ2) is 6.28. The predicted molar refractivity (Wildman–Crippen MR) is 92.1 cm³/mol. The summed E-state index contributed by atoms with van der Waals surface area (Å²) >= 11 is 0. The second-order valence-electron chi connectivity index (χ2n) is 5.81. The molecule has 0 aliphatic heterocycles. The standard InChI is InChI=1S/C19H18FN3O/c1-12-4-5-15(10-13(12)2)19(24)21-18-11-14(3)22-23(18)17-8-6-16(20)7-9-17/h4-11H,1-3H3,(H,21,24). The molecule has 0 spiro atoms. The molecule has 0 radical (unpaired) electrons. The highest BCUT2D eigenvalue weighted by Crippen LogP contribution is 2.19. The van der Waals surface area contributed by atoms with Gasteiger partial charge in [0.1, 0.15) is 11.6 Å². The predicted octanol–water partition coefficient (Wildman–Crippen LogP) is 4.19. The number of hydrogen-bond acceptors (Lipinski definition) is 2. The van der Waals surface area contributed by atoms with E-state index in [0.717, 1.165) is 16.8 Å². The summed E-state index contributed by atoms with van der Waals surface area (Å²) in [5.74, 6) is 0.0204. The van der Waals surface area contributed by atoms with Gasteiger partial charge in [0.2, 0.25) is 0 Å². The van der Waals surface area contributed by atoms with Gasteiger partial charge in [-0.2, -0.15) is 5.10 Å². The number of rotatable bonds is 3. The van der Waals surface area contributed by atoms with Crippen LogP contribution >= 0.6 is 0 Å². The Morgan fingerprint density at radius 3 is 2.38 bits per heavy atom. The average Bonchev–Trinajstić information content (AvgIpc) is 2.91. The summed E-state index contributed by atoms with van der Waals surface area (Å²) in [7, 11) is 0. The first-order chi connectivity index (χ1) is 11.4. The first kappa shape index (κ1) is 15.9. The molecular formula is C19H18FN3O. The Bertz CT molecular complexity index is 897. The van der Waals surface area contributed by atoms with Crippen LogP contribution < -0.4 is 5.32 Å². The fourth-order valence-corrected chi connectivity index (χ4v) is 2.44. The highest BCUT2D eigenvalue weighted by atomic mass is 19.1. The van der Waals surface area contributed by atoms with E-state index in [1.165, 1.54) is 12.1 Å². The molecule has 122 valence electrons. The maximum Gasteiger partial charge on any atom is 0.256 e. The van der Waals surface area contributed by atoms with Gasteiger partial charge in [0.15, 0.2) is 0 Å². The summed E-state index contributed by atoms with van der Waals surface area (Å²) in [4.78, 5) is 12.5. The lowest BCUT2D eigenvalue weighted by atomic mass is 10.1. The minimum Gasteiger partial charge on any atom is -0.306 e. The van der Waals surface area contributed by atoms with Crippen LogP contribution in [0.25, 0.3) is 5.69 Å². The molecule has 0 fully saturated rings. The van der Waals surface area contributed by atoms with Gasteiger partial charge >= 0.3 is 0 Å². The van der Waals surface area contributed by atoms with Crippen molar-refractivity contribution >= 4 is 11.7 Å². The zero-order chi connectivity index (χ0) is 17.3. The van der Waals surface area contributed by atoms with Gasteiger partial charge in [-0.1, -0.05) is 6.07 Å². The normalized spacial score (nSPS) is 10.7. The van der Waals surface area contributed by atoms with Gasteiger partial charge in [0.25, 0.3) is 5.91 Å². The van der Waals surface area contributed by atoms with Crippen LogP contribution in [0.2, 0.25) is 0 Å². The van der Waals surface area contributed by atoms with Crippen LogP contribution in [-0.4, -0.2) is 15.7 Å². The molecule has 1 heterocycles. The van der Waals surface area contributed by atoms with Crippen LogP contribution in [0.15, 0.2) is 48.5 Å². The summed E-state index contributed by atoms with van der Waals surface area (Å²) in [6.07, 6.45) is 0. The van der Waals surface area contributed by atoms with Crippen molar-refractivity contribution in [1.29, 1.82) is 0 Å². The lowest BCUT2D eigenvalue weighted by Gasteiger charge is -2.10. The molecule has 5 heteroatoms. The monoisotopic (exact) mass is 323 g/mol. The largest absolute Gasteiger partial charge is 0.306 e. The summed E-state index contributed by atoms with van der Waals surface area (Å²) in [5, 5.41) is 7.24. The fraction of sp³-hybridized carbons (Fsp3) is 0.158. The molecule has 0 saturated carbocycles. The highest BCUT2D eigenvalue weighted by Gasteiger charge is 2.13. The van der Waals surface area contributed by atoms with Gasteiger partial charge in [0, 0.05) is 11.6 Å². The van der Waals surface area contributed by atoms with Crippen LogP contribution in [0.1, 0.15) is 27.2 Å². The number of nitrogens with zero attached hydrogens (tertiary/aromatic N) is 2. The summed E-state index contributed by atoms with van der Waals surface area (Å²) in [6.45, 7) is 5.81. The Morgan fingerprint density at radius 1 is 1.00 bits per heavy atom. The lowest BCUT2D eigenvalue weighted by molar-refractivity contribution is 0.102. The maximum absolute atomic E-state index is 13.1. The van der Waals surface area contributed by atoms with E-state index in [-0.39, 0.29) is 11.7 Å². The van der Waals surface area contributed by atoms with Gasteiger partial charge in [0.05, 0.1) is 11.4 Å². The Hall–Kier alpha value is -2.95. The van der Waals surface area contributed by atoms with Crippen molar-refractivity contribution in [3.05, 3.63) is 76.7 Å². The Balaban J connectivity index is 1.91.